The molecule has 0 aromatic carbocycles. The average Bonchev–Trinajstić information content (AvgIpc) is 2.73. The molecule has 2 N–H and O–H groups in total. The van der Waals surface area contributed by atoms with Crippen LogP contribution < -0.4 is 0 Å². The van der Waals surface area contributed by atoms with Gasteiger partial charge in [-0.3, -0.25) is 13.8 Å². The maximum Gasteiger partial charge on any atom is 0.472 e. The highest BCUT2D eigenvalue weighted by Gasteiger charge is 2.24. The van der Waals surface area contributed by atoms with Gasteiger partial charge >= 0.3 is 13.8 Å². The molecule has 8 nitrogen and oxygen atoms in total. The van der Waals surface area contributed by atoms with Gasteiger partial charge in [-0.05, 0) is 32.1 Å². The zero-order valence-corrected chi connectivity index (χ0v) is 22.3. The molecule has 2 unspecified atom stereocenters. The van der Waals surface area contributed by atoms with Crippen molar-refractivity contribution in [2.75, 3.05) is 47.5 Å². The van der Waals surface area contributed by atoms with Gasteiger partial charge in [0.05, 0.1) is 27.7 Å². The molecule has 9 heteroatoms. The van der Waals surface area contributed by atoms with Gasteiger partial charge in [-0.2, -0.15) is 0 Å². The number of carbonyl (C=O) groups is 1. The fraction of sp³-hybridized carbons (Fsp3) is 0.875. The molecule has 0 aromatic rings. The first-order valence-electron chi connectivity index (χ1n) is 12.5. The second kappa shape index (κ2) is 19.5. The van der Waals surface area contributed by atoms with Crippen LogP contribution in [-0.4, -0.2) is 74.1 Å². The van der Waals surface area contributed by atoms with E-state index < -0.39 is 20.5 Å². The Labute approximate surface area is 201 Å². The van der Waals surface area contributed by atoms with Crippen molar-refractivity contribution >= 4 is 13.8 Å². The molecule has 196 valence electrons. The van der Waals surface area contributed by atoms with Crippen molar-refractivity contribution in [2.45, 2.75) is 90.1 Å². The number of phosphoric ester groups is 1. The van der Waals surface area contributed by atoms with Gasteiger partial charge in [0.25, 0.3) is 0 Å². The number of likely N-dealkylation sites (N-methyl/N-ethyl adjacent to an activating group) is 1. The van der Waals surface area contributed by atoms with E-state index in [9.17, 15) is 19.4 Å². The second-order valence-electron chi connectivity index (χ2n) is 9.58. The highest BCUT2D eigenvalue weighted by molar-refractivity contribution is 7.47. The number of aliphatic hydroxyl groups is 1. The van der Waals surface area contributed by atoms with Gasteiger partial charge in [-0.15, -0.1) is 0 Å². The quantitative estimate of drug-likeness (QED) is 0.0719. The van der Waals surface area contributed by atoms with E-state index in [1.807, 2.05) is 21.1 Å². The van der Waals surface area contributed by atoms with Crippen molar-refractivity contribution in [2.24, 2.45) is 0 Å². The minimum Gasteiger partial charge on any atom is -0.463 e. The van der Waals surface area contributed by atoms with E-state index in [0.717, 1.165) is 32.1 Å². The van der Waals surface area contributed by atoms with Crippen molar-refractivity contribution in [3.63, 3.8) is 0 Å². The van der Waals surface area contributed by atoms with Gasteiger partial charge in [0.15, 0.2) is 0 Å². The number of hydrogen-bond acceptors (Lipinski definition) is 6. The van der Waals surface area contributed by atoms with Crippen molar-refractivity contribution in [3.05, 3.63) is 12.2 Å². The fourth-order valence-electron chi connectivity index (χ4n) is 2.94. The van der Waals surface area contributed by atoms with Gasteiger partial charge < -0.3 is 19.2 Å². The predicted octanol–water partition coefficient (Wildman–Crippen LogP) is 4.99. The van der Waals surface area contributed by atoms with Gasteiger partial charge in [0.1, 0.15) is 25.9 Å². The molecule has 0 aromatic heterocycles. The van der Waals surface area contributed by atoms with E-state index in [2.05, 4.69) is 19.1 Å². The van der Waals surface area contributed by atoms with Crippen LogP contribution in [0.3, 0.4) is 0 Å². The third kappa shape index (κ3) is 24.2. The third-order valence-corrected chi connectivity index (χ3v) is 6.01. The lowest BCUT2D eigenvalue weighted by Gasteiger charge is -2.24. The molecule has 0 aliphatic heterocycles. The third-order valence-electron chi connectivity index (χ3n) is 5.03. The number of esters is 1. The van der Waals surface area contributed by atoms with E-state index in [4.69, 9.17) is 13.8 Å². The van der Waals surface area contributed by atoms with E-state index in [0.29, 0.717) is 17.4 Å². The maximum atomic E-state index is 11.8. The number of carbonyl (C=O) groups excluding carboxylic acids is 1. The van der Waals surface area contributed by atoms with Gasteiger partial charge in [-0.25, -0.2) is 4.57 Å². The molecule has 0 rings (SSSR count). The molecule has 0 saturated heterocycles. The van der Waals surface area contributed by atoms with Crippen molar-refractivity contribution in [1.82, 2.24) is 0 Å². The molecule has 0 heterocycles. The Morgan fingerprint density at radius 3 is 2.09 bits per heavy atom. The first kappa shape index (κ1) is 32.2. The molecule has 0 aliphatic carbocycles. The highest BCUT2D eigenvalue weighted by Crippen LogP contribution is 2.43. The number of ether oxygens (including phenoxy) is 1. The number of allylic oxidation sites excluding steroid dienone is 2. The Balaban J connectivity index is 3.63. The van der Waals surface area contributed by atoms with E-state index in [1.54, 1.807) is 0 Å². The Morgan fingerprint density at radius 2 is 1.48 bits per heavy atom. The number of rotatable bonds is 22. The van der Waals surface area contributed by atoms with Crippen molar-refractivity contribution < 1.29 is 37.6 Å². The monoisotopic (exact) mass is 494 g/mol. The summed E-state index contributed by atoms with van der Waals surface area (Å²) in [6.45, 7) is 2.09. The van der Waals surface area contributed by atoms with E-state index in [-0.39, 0.29) is 19.2 Å². The molecule has 0 radical (unpaired) electrons. The molecule has 0 spiro atoms. The molecular formula is C24H49NO7P+. The number of aliphatic hydroxyl groups excluding tert-OH is 1. The summed E-state index contributed by atoms with van der Waals surface area (Å²) in [7, 11) is 1.55. The van der Waals surface area contributed by atoms with Crippen LogP contribution in [0.1, 0.15) is 84.0 Å². The average molecular weight is 495 g/mol. The standard InChI is InChI=1S/C24H48NO7P/c1-5-6-7-8-9-10-11-12-13-14-15-16-17-18-24(27)30-21-23(26)22-32-33(28,29)31-20-19-25(2,3)4/h10-11,23,26H,5-9,12-22H2,1-4H3/p+1/b11-10-. The van der Waals surface area contributed by atoms with Crippen LogP contribution in [0.15, 0.2) is 12.2 Å². The number of phosphoric acid groups is 1. The summed E-state index contributed by atoms with van der Waals surface area (Å²) in [6, 6.07) is 0. The highest BCUT2D eigenvalue weighted by atomic mass is 31.2. The molecule has 0 bridgehead atoms. The second-order valence-corrected chi connectivity index (χ2v) is 11.0. The zero-order valence-electron chi connectivity index (χ0n) is 21.4. The number of nitrogens with zero attached hydrogens (tertiary/aromatic N) is 1. The molecule has 2 atom stereocenters. The Morgan fingerprint density at radius 1 is 0.909 bits per heavy atom. The van der Waals surface area contributed by atoms with Gasteiger partial charge in [-0.1, -0.05) is 57.6 Å². The van der Waals surface area contributed by atoms with Crippen LogP contribution in [0.5, 0.6) is 0 Å². The minimum atomic E-state index is -4.24. The van der Waals surface area contributed by atoms with Gasteiger partial charge in [0, 0.05) is 6.42 Å². The lowest BCUT2D eigenvalue weighted by atomic mass is 10.1. The van der Waals surface area contributed by atoms with Crippen LogP contribution in [-0.2, 0) is 23.1 Å². The van der Waals surface area contributed by atoms with Crippen molar-refractivity contribution in [1.29, 1.82) is 0 Å². The van der Waals surface area contributed by atoms with Crippen LogP contribution >= 0.6 is 7.82 Å². The first-order chi connectivity index (χ1) is 15.6. The number of hydrogen-bond donors (Lipinski definition) is 2. The predicted molar refractivity (Wildman–Crippen MR) is 132 cm³/mol. The molecule has 0 amide bonds. The molecule has 0 fully saturated rings. The lowest BCUT2D eigenvalue weighted by Crippen LogP contribution is -2.37. The normalized spacial score (nSPS) is 15.0. The smallest absolute Gasteiger partial charge is 0.463 e. The maximum absolute atomic E-state index is 11.8. The van der Waals surface area contributed by atoms with Crippen LogP contribution in [0.2, 0.25) is 0 Å². The van der Waals surface area contributed by atoms with Crippen molar-refractivity contribution in [3.8, 4) is 0 Å². The van der Waals surface area contributed by atoms with Gasteiger partial charge in [0.2, 0.25) is 0 Å². The Bertz CT molecular complexity index is 564. The summed E-state index contributed by atoms with van der Waals surface area (Å²) in [6.07, 6.45) is 16.4. The number of unbranched alkanes of at least 4 members (excludes halogenated alkanes) is 9. The number of quaternary nitrogens is 1. The molecular weight excluding hydrogens is 445 g/mol. The molecule has 0 saturated carbocycles. The zero-order chi connectivity index (χ0) is 25.0. The topological polar surface area (TPSA) is 102 Å². The largest absolute Gasteiger partial charge is 0.472 e. The first-order valence-corrected chi connectivity index (χ1v) is 14.0. The van der Waals surface area contributed by atoms with Crippen LogP contribution in [0, 0.1) is 0 Å². The SMILES string of the molecule is CCCCCC/C=C\CCCCCCCC(=O)OCC(O)COP(=O)(O)OCC[N+](C)(C)C. The summed E-state index contributed by atoms with van der Waals surface area (Å²) < 4.78 is 27.0. The fourth-order valence-corrected chi connectivity index (χ4v) is 3.69. The summed E-state index contributed by atoms with van der Waals surface area (Å²) in [5.74, 6) is -0.383. The summed E-state index contributed by atoms with van der Waals surface area (Å²) >= 11 is 0. The van der Waals surface area contributed by atoms with E-state index in [1.165, 1.54) is 38.5 Å². The minimum absolute atomic E-state index is 0.0538. The van der Waals surface area contributed by atoms with Crippen LogP contribution in [0.25, 0.3) is 0 Å². The Kier molecular flexibility index (Phi) is 19.1. The molecule has 33 heavy (non-hydrogen) atoms. The summed E-state index contributed by atoms with van der Waals surface area (Å²) in [4.78, 5) is 21.4. The lowest BCUT2D eigenvalue weighted by molar-refractivity contribution is -0.870. The summed E-state index contributed by atoms with van der Waals surface area (Å²) in [5, 5.41) is 9.80. The van der Waals surface area contributed by atoms with E-state index >= 15 is 0 Å². The molecule has 0 aliphatic rings. The Hall–Kier alpha value is -0.760. The van der Waals surface area contributed by atoms with Crippen LogP contribution in [0.4, 0.5) is 0 Å². The summed E-state index contributed by atoms with van der Waals surface area (Å²) in [5.41, 5.74) is 0.